The van der Waals surface area contributed by atoms with Crippen LogP contribution in [0.4, 0.5) is 27.8 Å². The molecule has 1 fully saturated rings. The molecule has 3 aromatic rings. The van der Waals surface area contributed by atoms with Crippen molar-refractivity contribution in [2.24, 2.45) is 5.92 Å². The molecule has 1 saturated heterocycles. The second-order valence-electron chi connectivity index (χ2n) is 8.33. The molecule has 0 bridgehead atoms. The number of pyridine rings is 1. The van der Waals surface area contributed by atoms with Crippen molar-refractivity contribution in [3.05, 3.63) is 53.2 Å². The third-order valence-electron chi connectivity index (χ3n) is 5.61. The van der Waals surface area contributed by atoms with Gasteiger partial charge in [0.15, 0.2) is 5.69 Å². The summed E-state index contributed by atoms with van der Waals surface area (Å²) in [7, 11) is 0. The van der Waals surface area contributed by atoms with Crippen LogP contribution in [0.15, 0.2) is 36.8 Å². The van der Waals surface area contributed by atoms with E-state index < -0.39 is 48.6 Å². The van der Waals surface area contributed by atoms with E-state index in [0.29, 0.717) is 21.8 Å². The maximum atomic E-state index is 14.5. The molecule has 35 heavy (non-hydrogen) atoms. The van der Waals surface area contributed by atoms with E-state index in [1.54, 1.807) is 38.2 Å². The number of hydrogen-bond acceptors (Lipinski definition) is 7. The van der Waals surface area contributed by atoms with Gasteiger partial charge in [0.1, 0.15) is 11.5 Å². The number of thiazole rings is 1. The normalized spacial score (nSPS) is 20.0. The maximum absolute atomic E-state index is 14.5. The standard InChI is InChI=1S/C22H21F5N6OS/c1-12-7-21(23,24)11-33(15(12)8-30-17-10-29-16(9-31-17)22(25,26)27)20(34)18-19(35-13(2)32-18)14-5-3-4-6-28-14/h3-6,9-10,12,15H,7-8,11H2,1-2H3,(H,30,31)/t12-,15?/m1/s1. The highest BCUT2D eigenvalue weighted by atomic mass is 32.1. The number of anilines is 1. The quantitative estimate of drug-likeness (QED) is 0.489. The van der Waals surface area contributed by atoms with Crippen LogP contribution >= 0.6 is 11.3 Å². The number of rotatable bonds is 5. The molecule has 13 heteroatoms. The van der Waals surface area contributed by atoms with Gasteiger partial charge in [-0.1, -0.05) is 13.0 Å². The number of piperidine rings is 1. The molecule has 1 aliphatic rings. The molecule has 1 N–H and O–H groups in total. The second kappa shape index (κ2) is 9.44. The summed E-state index contributed by atoms with van der Waals surface area (Å²) < 4.78 is 67.3. The Morgan fingerprint density at radius 3 is 2.63 bits per heavy atom. The molecular weight excluding hydrogens is 491 g/mol. The third kappa shape index (κ3) is 5.55. The minimum atomic E-state index is -4.63. The fourth-order valence-electron chi connectivity index (χ4n) is 4.03. The molecule has 0 saturated carbocycles. The zero-order valence-electron chi connectivity index (χ0n) is 18.7. The van der Waals surface area contributed by atoms with E-state index in [0.717, 1.165) is 11.1 Å². The topological polar surface area (TPSA) is 83.9 Å². The lowest BCUT2D eigenvalue weighted by Gasteiger charge is -2.43. The van der Waals surface area contributed by atoms with Gasteiger partial charge in [0.25, 0.3) is 11.8 Å². The van der Waals surface area contributed by atoms with Crippen LogP contribution in [-0.4, -0.2) is 55.8 Å². The van der Waals surface area contributed by atoms with E-state index in [2.05, 4.69) is 25.3 Å². The Morgan fingerprint density at radius 1 is 1.23 bits per heavy atom. The first-order valence-electron chi connectivity index (χ1n) is 10.7. The predicted molar refractivity (Wildman–Crippen MR) is 119 cm³/mol. The molecule has 1 amide bonds. The first-order valence-corrected chi connectivity index (χ1v) is 11.5. The Bertz CT molecular complexity index is 1190. The highest BCUT2D eigenvalue weighted by Gasteiger charge is 2.47. The van der Waals surface area contributed by atoms with E-state index in [4.69, 9.17) is 0 Å². The van der Waals surface area contributed by atoms with Crippen LogP contribution in [0.25, 0.3) is 10.6 Å². The molecule has 3 aromatic heterocycles. The zero-order chi connectivity index (χ0) is 25.4. The van der Waals surface area contributed by atoms with Crippen molar-refractivity contribution in [2.75, 3.05) is 18.4 Å². The number of aromatic nitrogens is 4. The molecule has 0 aliphatic carbocycles. The van der Waals surface area contributed by atoms with Gasteiger partial charge >= 0.3 is 6.18 Å². The van der Waals surface area contributed by atoms with Crippen molar-refractivity contribution in [1.82, 2.24) is 24.8 Å². The Kier molecular flexibility index (Phi) is 6.71. The van der Waals surface area contributed by atoms with Gasteiger partial charge in [-0.2, -0.15) is 13.2 Å². The summed E-state index contributed by atoms with van der Waals surface area (Å²) in [6, 6.07) is 4.49. The number of hydrogen-bond donors (Lipinski definition) is 1. The van der Waals surface area contributed by atoms with Gasteiger partial charge in [-0.15, -0.1) is 11.3 Å². The second-order valence-corrected chi connectivity index (χ2v) is 9.53. The summed E-state index contributed by atoms with van der Waals surface area (Å²) >= 11 is 1.24. The molecule has 4 heterocycles. The van der Waals surface area contributed by atoms with Crippen molar-refractivity contribution < 1.29 is 26.7 Å². The number of nitrogens with zero attached hydrogens (tertiary/aromatic N) is 5. The summed E-state index contributed by atoms with van der Waals surface area (Å²) in [6.07, 6.45) is -2.01. The van der Waals surface area contributed by atoms with Crippen molar-refractivity contribution >= 4 is 23.1 Å². The number of amides is 1. The number of aryl methyl sites for hydroxylation is 1. The average Bonchev–Trinajstić information content (AvgIpc) is 3.19. The minimum Gasteiger partial charge on any atom is -0.367 e. The van der Waals surface area contributed by atoms with Crippen LogP contribution in [0.1, 0.15) is 34.5 Å². The summed E-state index contributed by atoms with van der Waals surface area (Å²) in [5.74, 6) is -4.34. The van der Waals surface area contributed by atoms with Gasteiger partial charge in [-0.05, 0) is 25.0 Å². The maximum Gasteiger partial charge on any atom is 0.434 e. The van der Waals surface area contributed by atoms with Crippen LogP contribution in [0.5, 0.6) is 0 Å². The Morgan fingerprint density at radius 2 is 2.00 bits per heavy atom. The van der Waals surface area contributed by atoms with Gasteiger partial charge in [0.2, 0.25) is 0 Å². The smallest absolute Gasteiger partial charge is 0.367 e. The monoisotopic (exact) mass is 512 g/mol. The van der Waals surface area contributed by atoms with Gasteiger partial charge < -0.3 is 10.2 Å². The fourth-order valence-corrected chi connectivity index (χ4v) is 4.92. The first-order chi connectivity index (χ1) is 16.4. The molecule has 1 aliphatic heterocycles. The van der Waals surface area contributed by atoms with Crippen molar-refractivity contribution in [3.63, 3.8) is 0 Å². The Labute approximate surface area is 201 Å². The summed E-state index contributed by atoms with van der Waals surface area (Å²) in [4.78, 5) is 30.7. The predicted octanol–water partition coefficient (Wildman–Crippen LogP) is 4.92. The SMILES string of the molecule is Cc1nc(C(=O)N2CC(F)(F)C[C@@H](C)C2CNc2cnc(C(F)(F)F)cn2)c(-c2ccccn2)s1. The number of carbonyl (C=O) groups is 1. The summed E-state index contributed by atoms with van der Waals surface area (Å²) in [5, 5.41) is 3.41. The summed E-state index contributed by atoms with van der Waals surface area (Å²) in [5.41, 5.74) is -0.602. The van der Waals surface area contributed by atoms with E-state index in [-0.39, 0.29) is 18.1 Å². The molecular formula is C22H21F5N6OS. The zero-order valence-corrected chi connectivity index (χ0v) is 19.5. The molecule has 2 atom stereocenters. The third-order valence-corrected chi connectivity index (χ3v) is 6.60. The first kappa shape index (κ1) is 24.9. The van der Waals surface area contributed by atoms with Gasteiger partial charge in [0.05, 0.1) is 40.6 Å². The molecule has 0 aromatic carbocycles. The molecule has 0 spiro atoms. The Hall–Kier alpha value is -3.22. The van der Waals surface area contributed by atoms with Crippen LogP contribution in [-0.2, 0) is 6.18 Å². The van der Waals surface area contributed by atoms with Crippen molar-refractivity contribution in [1.29, 1.82) is 0 Å². The molecule has 1 unspecified atom stereocenters. The average molecular weight is 513 g/mol. The van der Waals surface area contributed by atoms with E-state index in [9.17, 15) is 26.7 Å². The van der Waals surface area contributed by atoms with Crippen LogP contribution < -0.4 is 5.32 Å². The fraction of sp³-hybridized carbons (Fsp3) is 0.409. The van der Waals surface area contributed by atoms with Gasteiger partial charge in [-0.3, -0.25) is 9.78 Å². The van der Waals surface area contributed by atoms with Gasteiger partial charge in [0, 0.05) is 19.2 Å². The lowest BCUT2D eigenvalue weighted by molar-refractivity contribution is -0.141. The lowest BCUT2D eigenvalue weighted by atomic mass is 9.88. The molecule has 4 rings (SSSR count). The van der Waals surface area contributed by atoms with E-state index in [1.165, 1.54) is 11.3 Å². The molecule has 186 valence electrons. The number of halogens is 5. The largest absolute Gasteiger partial charge is 0.434 e. The number of nitrogens with one attached hydrogen (secondary N) is 1. The minimum absolute atomic E-state index is 0.00886. The number of carbonyl (C=O) groups excluding carboxylic acids is 1. The summed E-state index contributed by atoms with van der Waals surface area (Å²) in [6.45, 7) is 2.50. The lowest BCUT2D eigenvalue weighted by Crippen LogP contribution is -2.57. The molecule has 7 nitrogen and oxygen atoms in total. The highest BCUT2D eigenvalue weighted by molar-refractivity contribution is 7.15. The number of likely N-dealkylation sites (tertiary alicyclic amines) is 1. The highest BCUT2D eigenvalue weighted by Crippen LogP contribution is 2.37. The van der Waals surface area contributed by atoms with Crippen LogP contribution in [0, 0.1) is 12.8 Å². The van der Waals surface area contributed by atoms with Crippen LogP contribution in [0.2, 0.25) is 0 Å². The Balaban J connectivity index is 1.60. The number of alkyl halides is 5. The van der Waals surface area contributed by atoms with E-state index >= 15 is 0 Å². The van der Waals surface area contributed by atoms with Crippen LogP contribution in [0.3, 0.4) is 0 Å². The van der Waals surface area contributed by atoms with E-state index in [1.807, 2.05) is 0 Å². The van der Waals surface area contributed by atoms with Crippen molar-refractivity contribution in [3.8, 4) is 10.6 Å². The molecule has 0 radical (unpaired) electrons. The van der Waals surface area contributed by atoms with Crippen molar-refractivity contribution in [2.45, 2.75) is 38.4 Å². The van der Waals surface area contributed by atoms with Gasteiger partial charge in [-0.25, -0.2) is 23.7 Å².